The molecule has 0 spiro atoms. The largest absolute Gasteiger partial charge is 0.472 e. The van der Waals surface area contributed by atoms with Crippen molar-refractivity contribution in [3.63, 3.8) is 0 Å². The summed E-state index contributed by atoms with van der Waals surface area (Å²) in [7, 11) is 1.63. The van der Waals surface area contributed by atoms with E-state index in [1.54, 1.807) is 31.8 Å². The maximum Gasteiger partial charge on any atom is 0.251 e. The zero-order valence-electron chi connectivity index (χ0n) is 16.2. The van der Waals surface area contributed by atoms with Gasteiger partial charge < -0.3 is 9.73 Å². The highest BCUT2D eigenvalue weighted by atomic mass is 16.3. The Morgan fingerprint density at radius 2 is 1.90 bits per heavy atom. The van der Waals surface area contributed by atoms with Gasteiger partial charge >= 0.3 is 0 Å². The molecule has 6 nitrogen and oxygen atoms in total. The maximum absolute atomic E-state index is 12.0. The van der Waals surface area contributed by atoms with Gasteiger partial charge in [0, 0.05) is 36.1 Å². The topological polar surface area (TPSA) is 72.4 Å². The minimum atomic E-state index is -0.107. The van der Waals surface area contributed by atoms with Crippen molar-refractivity contribution in [3.8, 4) is 33.6 Å². The van der Waals surface area contributed by atoms with Crippen molar-refractivity contribution < 1.29 is 9.21 Å². The summed E-state index contributed by atoms with van der Waals surface area (Å²) in [4.78, 5) is 21.0. The number of carbonyl (C=O) groups is 1. The second-order valence-corrected chi connectivity index (χ2v) is 6.89. The van der Waals surface area contributed by atoms with Crippen LogP contribution in [0.3, 0.4) is 0 Å². The zero-order chi connectivity index (χ0) is 20.5. The molecule has 0 bridgehead atoms. The Kier molecular flexibility index (Phi) is 4.37. The van der Waals surface area contributed by atoms with Gasteiger partial charge in [-0.25, -0.2) is 4.98 Å². The summed E-state index contributed by atoms with van der Waals surface area (Å²) in [5.41, 5.74) is 7.16. The fourth-order valence-corrected chi connectivity index (χ4v) is 3.51. The summed E-state index contributed by atoms with van der Waals surface area (Å²) in [6, 6.07) is 17.4. The van der Waals surface area contributed by atoms with Crippen LogP contribution in [0.4, 0.5) is 0 Å². The first-order chi connectivity index (χ1) is 14.7. The molecule has 0 fully saturated rings. The third-order valence-electron chi connectivity index (χ3n) is 5.06. The van der Waals surface area contributed by atoms with E-state index < -0.39 is 0 Å². The van der Waals surface area contributed by atoms with Crippen LogP contribution in [0, 0.1) is 0 Å². The SMILES string of the molecule is CNC(=O)c1cccc(-c2ccc3ncc(-c4ccnc(-c5ccoc5)c4)n3c2)c1. The fourth-order valence-electron chi connectivity index (χ4n) is 3.51. The van der Waals surface area contributed by atoms with Gasteiger partial charge in [0.25, 0.3) is 5.91 Å². The van der Waals surface area contributed by atoms with Gasteiger partial charge in [-0.05, 0) is 53.6 Å². The van der Waals surface area contributed by atoms with Gasteiger partial charge in [0.1, 0.15) is 5.65 Å². The molecule has 0 saturated carbocycles. The number of aromatic nitrogens is 3. The number of hydrogen-bond acceptors (Lipinski definition) is 4. The van der Waals surface area contributed by atoms with Gasteiger partial charge in [0.2, 0.25) is 0 Å². The molecule has 5 aromatic rings. The lowest BCUT2D eigenvalue weighted by molar-refractivity contribution is 0.0963. The number of imidazole rings is 1. The van der Waals surface area contributed by atoms with Crippen molar-refractivity contribution in [3.05, 3.63) is 91.3 Å². The third kappa shape index (κ3) is 3.14. The Morgan fingerprint density at radius 1 is 0.967 bits per heavy atom. The molecule has 1 amide bonds. The Morgan fingerprint density at radius 3 is 2.73 bits per heavy atom. The molecule has 0 unspecified atom stereocenters. The summed E-state index contributed by atoms with van der Waals surface area (Å²) in [6.07, 6.45) is 9.00. The van der Waals surface area contributed by atoms with Crippen LogP contribution in [0.25, 0.3) is 39.3 Å². The number of nitrogens with zero attached hydrogens (tertiary/aromatic N) is 3. The number of fused-ring (bicyclic) bond motifs is 1. The molecular formula is C24H18N4O2. The monoisotopic (exact) mass is 394 g/mol. The minimum absolute atomic E-state index is 0.107. The molecule has 4 heterocycles. The Bertz CT molecular complexity index is 1350. The highest BCUT2D eigenvalue weighted by molar-refractivity contribution is 5.95. The number of pyridine rings is 2. The summed E-state index contributed by atoms with van der Waals surface area (Å²) in [5, 5.41) is 2.67. The summed E-state index contributed by atoms with van der Waals surface area (Å²) in [6.45, 7) is 0. The molecule has 1 aromatic carbocycles. The second kappa shape index (κ2) is 7.33. The molecule has 5 rings (SSSR count). The van der Waals surface area contributed by atoms with E-state index in [9.17, 15) is 4.79 Å². The van der Waals surface area contributed by atoms with Crippen LogP contribution in [0.1, 0.15) is 10.4 Å². The standard InChI is InChI=1S/C24H18N4O2/c1-25-24(29)18-4-2-3-16(11-18)19-5-6-23-27-13-22(28(23)14-19)17-7-9-26-21(12-17)20-8-10-30-15-20/h2-15H,1H3,(H,25,29). The number of benzene rings is 1. The predicted octanol–water partition coefficient (Wildman–Crippen LogP) is 4.68. The van der Waals surface area contributed by atoms with Gasteiger partial charge in [-0.2, -0.15) is 0 Å². The lowest BCUT2D eigenvalue weighted by atomic mass is 10.0. The van der Waals surface area contributed by atoms with Crippen LogP contribution >= 0.6 is 0 Å². The Hall–Kier alpha value is -4.19. The molecule has 0 aliphatic rings. The summed E-state index contributed by atoms with van der Waals surface area (Å²) in [5.74, 6) is -0.107. The first-order valence-electron chi connectivity index (χ1n) is 9.51. The van der Waals surface area contributed by atoms with E-state index in [-0.39, 0.29) is 5.91 Å². The van der Waals surface area contributed by atoms with Crippen molar-refractivity contribution >= 4 is 11.6 Å². The van der Waals surface area contributed by atoms with E-state index in [2.05, 4.69) is 19.7 Å². The average molecular weight is 394 g/mol. The first-order valence-corrected chi connectivity index (χ1v) is 9.51. The molecule has 0 aliphatic carbocycles. The highest BCUT2D eigenvalue weighted by Crippen LogP contribution is 2.28. The number of amides is 1. The molecule has 1 N–H and O–H groups in total. The van der Waals surface area contributed by atoms with Crippen LogP contribution in [0.5, 0.6) is 0 Å². The summed E-state index contributed by atoms with van der Waals surface area (Å²) < 4.78 is 7.23. The predicted molar refractivity (Wildman–Crippen MR) is 115 cm³/mol. The molecule has 0 aliphatic heterocycles. The summed E-state index contributed by atoms with van der Waals surface area (Å²) >= 11 is 0. The van der Waals surface area contributed by atoms with E-state index in [4.69, 9.17) is 4.42 Å². The van der Waals surface area contributed by atoms with Gasteiger partial charge in [0.05, 0.1) is 30.1 Å². The van der Waals surface area contributed by atoms with Crippen molar-refractivity contribution in [2.75, 3.05) is 7.05 Å². The number of carbonyl (C=O) groups excluding carboxylic acids is 1. The van der Waals surface area contributed by atoms with Crippen LogP contribution < -0.4 is 5.32 Å². The minimum Gasteiger partial charge on any atom is -0.472 e. The van der Waals surface area contributed by atoms with Crippen LogP contribution in [0.2, 0.25) is 0 Å². The lowest BCUT2D eigenvalue weighted by Crippen LogP contribution is -2.17. The normalized spacial score (nSPS) is 11.0. The molecule has 0 saturated heterocycles. The van der Waals surface area contributed by atoms with E-state index in [1.807, 2.05) is 60.9 Å². The van der Waals surface area contributed by atoms with Crippen LogP contribution in [-0.2, 0) is 0 Å². The van der Waals surface area contributed by atoms with Crippen molar-refractivity contribution in [2.45, 2.75) is 0 Å². The van der Waals surface area contributed by atoms with Crippen LogP contribution in [-0.4, -0.2) is 27.3 Å². The van der Waals surface area contributed by atoms with Gasteiger partial charge in [-0.1, -0.05) is 12.1 Å². The third-order valence-corrected chi connectivity index (χ3v) is 5.06. The van der Waals surface area contributed by atoms with Crippen molar-refractivity contribution in [2.24, 2.45) is 0 Å². The van der Waals surface area contributed by atoms with Gasteiger partial charge in [-0.15, -0.1) is 0 Å². The molecule has 4 aromatic heterocycles. The lowest BCUT2D eigenvalue weighted by Gasteiger charge is -2.08. The second-order valence-electron chi connectivity index (χ2n) is 6.89. The van der Waals surface area contributed by atoms with E-state index in [1.165, 1.54) is 0 Å². The zero-order valence-corrected chi connectivity index (χ0v) is 16.2. The first kappa shape index (κ1) is 17.9. The molecule has 0 atom stereocenters. The number of nitrogens with one attached hydrogen (secondary N) is 1. The average Bonchev–Trinajstić information content (AvgIpc) is 3.48. The molecule has 0 radical (unpaired) electrons. The molecule has 30 heavy (non-hydrogen) atoms. The smallest absolute Gasteiger partial charge is 0.251 e. The maximum atomic E-state index is 12.0. The van der Waals surface area contributed by atoms with Crippen molar-refractivity contribution in [1.82, 2.24) is 19.7 Å². The number of hydrogen-bond donors (Lipinski definition) is 1. The van der Waals surface area contributed by atoms with E-state index >= 15 is 0 Å². The molecular weight excluding hydrogens is 376 g/mol. The van der Waals surface area contributed by atoms with E-state index in [0.717, 1.165) is 39.3 Å². The van der Waals surface area contributed by atoms with Crippen molar-refractivity contribution in [1.29, 1.82) is 0 Å². The van der Waals surface area contributed by atoms with Crippen LogP contribution in [0.15, 0.2) is 90.1 Å². The Labute approximate surface area is 172 Å². The van der Waals surface area contributed by atoms with Gasteiger partial charge in [0.15, 0.2) is 0 Å². The van der Waals surface area contributed by atoms with E-state index in [0.29, 0.717) is 5.56 Å². The highest BCUT2D eigenvalue weighted by Gasteiger charge is 2.11. The van der Waals surface area contributed by atoms with Gasteiger partial charge in [-0.3, -0.25) is 14.2 Å². The molecule has 6 heteroatoms. The number of rotatable bonds is 4. The quantitative estimate of drug-likeness (QED) is 0.480. The fraction of sp³-hybridized carbons (Fsp3) is 0.0417. The number of furan rings is 1. The Balaban J connectivity index is 1.60. The molecule has 146 valence electrons.